The number of rotatable bonds is 7. The number of hydrogen-bond acceptors (Lipinski definition) is 7. The first-order valence-corrected chi connectivity index (χ1v) is 10.5. The highest BCUT2D eigenvalue weighted by Crippen LogP contribution is 2.25. The van der Waals surface area contributed by atoms with E-state index in [-0.39, 0.29) is 0 Å². The number of guanidine groups is 1. The van der Waals surface area contributed by atoms with Crippen molar-refractivity contribution in [3.8, 4) is 23.1 Å². The summed E-state index contributed by atoms with van der Waals surface area (Å²) in [4.78, 5) is 13.6. The Morgan fingerprint density at radius 3 is 2.72 bits per heavy atom. The van der Waals surface area contributed by atoms with Crippen molar-refractivity contribution in [1.82, 2.24) is 30.3 Å². The number of piperazine rings is 1. The number of methoxy groups -OCH3 is 2. The fourth-order valence-corrected chi connectivity index (χ4v) is 3.75. The van der Waals surface area contributed by atoms with Gasteiger partial charge in [-0.2, -0.15) is 0 Å². The Morgan fingerprint density at radius 1 is 1.19 bits per heavy atom. The average molecular weight is 440 g/mol. The molecule has 0 amide bonds. The number of H-pyrrole nitrogens is 1. The Kier molecular flexibility index (Phi) is 6.90. The zero-order chi connectivity index (χ0) is 22.3. The first-order valence-electron chi connectivity index (χ1n) is 10.5. The van der Waals surface area contributed by atoms with Gasteiger partial charge in [0.15, 0.2) is 11.7 Å². The van der Waals surface area contributed by atoms with Crippen LogP contribution < -0.4 is 14.8 Å². The molecule has 0 radical (unpaired) electrons. The molecule has 0 atom stereocenters. The van der Waals surface area contributed by atoms with Gasteiger partial charge in [0.05, 0.1) is 27.0 Å². The van der Waals surface area contributed by atoms with E-state index >= 15 is 0 Å². The van der Waals surface area contributed by atoms with Crippen molar-refractivity contribution in [2.24, 2.45) is 4.99 Å². The van der Waals surface area contributed by atoms with Gasteiger partial charge in [0, 0.05) is 45.3 Å². The van der Waals surface area contributed by atoms with Crippen LogP contribution in [0.2, 0.25) is 0 Å². The summed E-state index contributed by atoms with van der Waals surface area (Å²) in [6, 6.07) is 9.56. The van der Waals surface area contributed by atoms with Gasteiger partial charge in [-0.1, -0.05) is 0 Å². The molecule has 0 saturated carbocycles. The van der Waals surface area contributed by atoms with Crippen LogP contribution in [0.1, 0.15) is 11.4 Å². The molecule has 0 aliphatic carbocycles. The van der Waals surface area contributed by atoms with Gasteiger partial charge in [0.1, 0.15) is 17.3 Å². The Morgan fingerprint density at radius 2 is 2.03 bits per heavy atom. The topological polar surface area (TPSA) is 104 Å². The molecule has 0 bridgehead atoms. The molecule has 170 valence electrons. The minimum Gasteiger partial charge on any atom is -0.497 e. The molecule has 2 aromatic heterocycles. The van der Waals surface area contributed by atoms with Crippen LogP contribution in [0.5, 0.6) is 11.5 Å². The fraction of sp³-hybridized carbons (Fsp3) is 0.409. The van der Waals surface area contributed by atoms with E-state index in [4.69, 9.17) is 13.9 Å². The SMILES string of the molecule is CN=C(NCc1nc(-c2ccco2)n[nH]1)N1CCN(Cc2cc(OC)ccc2OC)CC1. The third kappa shape index (κ3) is 5.02. The Labute approximate surface area is 187 Å². The summed E-state index contributed by atoms with van der Waals surface area (Å²) in [6.45, 7) is 4.91. The normalized spacial score (nSPS) is 15.1. The highest BCUT2D eigenvalue weighted by atomic mass is 16.5. The summed E-state index contributed by atoms with van der Waals surface area (Å²) < 4.78 is 16.2. The summed E-state index contributed by atoms with van der Waals surface area (Å²) in [5, 5.41) is 10.5. The molecule has 1 aliphatic rings. The van der Waals surface area contributed by atoms with Crippen LogP contribution in [0.3, 0.4) is 0 Å². The predicted molar refractivity (Wildman–Crippen MR) is 121 cm³/mol. The zero-order valence-electron chi connectivity index (χ0n) is 18.7. The molecule has 10 heteroatoms. The maximum Gasteiger partial charge on any atom is 0.216 e. The Hall–Kier alpha value is -3.53. The van der Waals surface area contributed by atoms with Gasteiger partial charge in [-0.3, -0.25) is 15.0 Å². The van der Waals surface area contributed by atoms with Gasteiger partial charge in [-0.05, 0) is 30.3 Å². The van der Waals surface area contributed by atoms with Gasteiger partial charge in [0.25, 0.3) is 0 Å². The summed E-state index contributed by atoms with van der Waals surface area (Å²) in [7, 11) is 5.18. The average Bonchev–Trinajstić information content (AvgIpc) is 3.52. The Balaban J connectivity index is 1.29. The first kappa shape index (κ1) is 21.7. The highest BCUT2D eigenvalue weighted by molar-refractivity contribution is 5.79. The van der Waals surface area contributed by atoms with E-state index in [1.54, 1.807) is 27.5 Å². The van der Waals surface area contributed by atoms with Gasteiger partial charge < -0.3 is 24.1 Å². The molecular formula is C22H29N7O3. The highest BCUT2D eigenvalue weighted by Gasteiger charge is 2.21. The second kappa shape index (κ2) is 10.2. The smallest absolute Gasteiger partial charge is 0.216 e. The van der Waals surface area contributed by atoms with Gasteiger partial charge >= 0.3 is 0 Å². The number of aromatic amines is 1. The van der Waals surface area contributed by atoms with Crippen molar-refractivity contribution < 1.29 is 13.9 Å². The van der Waals surface area contributed by atoms with Gasteiger partial charge in [0.2, 0.25) is 5.82 Å². The third-order valence-corrected chi connectivity index (χ3v) is 5.45. The molecule has 0 unspecified atom stereocenters. The molecule has 1 aromatic carbocycles. The lowest BCUT2D eigenvalue weighted by Crippen LogP contribution is -2.52. The van der Waals surface area contributed by atoms with E-state index in [0.29, 0.717) is 18.1 Å². The Bertz CT molecular complexity index is 1020. The molecule has 1 aliphatic heterocycles. The minimum absolute atomic E-state index is 0.502. The number of ether oxygens (including phenoxy) is 2. The van der Waals surface area contributed by atoms with Crippen LogP contribution in [-0.2, 0) is 13.1 Å². The van der Waals surface area contributed by atoms with E-state index in [2.05, 4.69) is 35.3 Å². The molecule has 3 heterocycles. The van der Waals surface area contributed by atoms with E-state index in [9.17, 15) is 0 Å². The van der Waals surface area contributed by atoms with Crippen molar-refractivity contribution >= 4 is 5.96 Å². The maximum absolute atomic E-state index is 5.52. The third-order valence-electron chi connectivity index (χ3n) is 5.45. The molecule has 1 saturated heterocycles. The molecule has 10 nitrogen and oxygen atoms in total. The monoisotopic (exact) mass is 439 g/mol. The van der Waals surface area contributed by atoms with Crippen LogP contribution in [0.15, 0.2) is 46.0 Å². The minimum atomic E-state index is 0.502. The lowest BCUT2D eigenvalue weighted by atomic mass is 10.1. The van der Waals surface area contributed by atoms with E-state index in [1.165, 1.54) is 0 Å². The number of aliphatic imine (C=N–C) groups is 1. The number of nitrogens with one attached hydrogen (secondary N) is 2. The lowest BCUT2D eigenvalue weighted by molar-refractivity contribution is 0.171. The lowest BCUT2D eigenvalue weighted by Gasteiger charge is -2.36. The summed E-state index contributed by atoms with van der Waals surface area (Å²) in [6.07, 6.45) is 1.61. The molecule has 1 fully saturated rings. The van der Waals surface area contributed by atoms with Crippen molar-refractivity contribution in [2.75, 3.05) is 47.4 Å². The molecule has 0 spiro atoms. The van der Waals surface area contributed by atoms with Crippen molar-refractivity contribution in [1.29, 1.82) is 0 Å². The van der Waals surface area contributed by atoms with E-state index in [0.717, 1.165) is 61.6 Å². The molecule has 4 rings (SSSR count). The standard InChI is InChI=1S/C22H29N7O3/c1-23-22(24-14-20-25-21(27-26-20)19-5-4-12-32-19)29-10-8-28(9-11-29)15-16-13-17(30-2)6-7-18(16)31-3/h4-7,12-13H,8-11,14-15H2,1-3H3,(H,23,24)(H,25,26,27). The van der Waals surface area contributed by atoms with Crippen molar-refractivity contribution in [2.45, 2.75) is 13.1 Å². The second-order valence-electron chi connectivity index (χ2n) is 7.42. The molecule has 32 heavy (non-hydrogen) atoms. The largest absolute Gasteiger partial charge is 0.497 e. The van der Waals surface area contributed by atoms with Crippen LogP contribution in [0.25, 0.3) is 11.6 Å². The predicted octanol–water partition coefficient (Wildman–Crippen LogP) is 1.98. The van der Waals surface area contributed by atoms with Crippen LogP contribution in [-0.4, -0.2) is 78.4 Å². The molecular weight excluding hydrogens is 410 g/mol. The molecule has 2 N–H and O–H groups in total. The summed E-state index contributed by atoms with van der Waals surface area (Å²) in [5.74, 6) is 4.48. The first-order chi connectivity index (χ1) is 15.7. The van der Waals surface area contributed by atoms with Crippen LogP contribution >= 0.6 is 0 Å². The number of hydrogen-bond donors (Lipinski definition) is 2. The second-order valence-corrected chi connectivity index (χ2v) is 7.42. The zero-order valence-corrected chi connectivity index (χ0v) is 18.7. The van der Waals surface area contributed by atoms with Gasteiger partial charge in [-0.25, -0.2) is 4.98 Å². The van der Waals surface area contributed by atoms with Crippen LogP contribution in [0.4, 0.5) is 0 Å². The van der Waals surface area contributed by atoms with Crippen molar-refractivity contribution in [3.05, 3.63) is 48.0 Å². The number of benzene rings is 1. The summed E-state index contributed by atoms with van der Waals surface area (Å²) >= 11 is 0. The maximum atomic E-state index is 5.52. The van der Waals surface area contributed by atoms with Crippen molar-refractivity contribution in [3.63, 3.8) is 0 Å². The van der Waals surface area contributed by atoms with Gasteiger partial charge in [-0.15, -0.1) is 5.10 Å². The number of nitrogens with zero attached hydrogens (tertiary/aromatic N) is 5. The van der Waals surface area contributed by atoms with E-state index < -0.39 is 0 Å². The quantitative estimate of drug-likeness (QED) is 0.425. The number of furan rings is 1. The van der Waals surface area contributed by atoms with Crippen LogP contribution in [0, 0.1) is 0 Å². The molecule has 3 aromatic rings. The summed E-state index contributed by atoms with van der Waals surface area (Å²) in [5.41, 5.74) is 1.13. The fourth-order valence-electron chi connectivity index (χ4n) is 3.75. The van der Waals surface area contributed by atoms with E-state index in [1.807, 2.05) is 30.3 Å². The number of aromatic nitrogens is 3.